The van der Waals surface area contributed by atoms with Crippen molar-refractivity contribution in [2.45, 2.75) is 52.4 Å². The summed E-state index contributed by atoms with van der Waals surface area (Å²) in [5.74, 6) is 1.49. The second-order valence-corrected chi connectivity index (χ2v) is 4.62. The predicted octanol–water partition coefficient (Wildman–Crippen LogP) is 2.75. The lowest BCUT2D eigenvalue weighted by molar-refractivity contribution is -0.121. The van der Waals surface area contributed by atoms with Gasteiger partial charge >= 0.3 is 0 Å². The molecule has 0 bridgehead atoms. The summed E-state index contributed by atoms with van der Waals surface area (Å²) in [6.07, 6.45) is 6.09. The fourth-order valence-corrected chi connectivity index (χ4v) is 2.56. The molecule has 2 nitrogen and oxygen atoms in total. The molecule has 1 rings (SSSR count). The Kier molecular flexibility index (Phi) is 4.30. The van der Waals surface area contributed by atoms with Crippen molar-refractivity contribution in [3.63, 3.8) is 0 Å². The molecule has 2 heteroatoms. The second kappa shape index (κ2) is 5.28. The van der Waals surface area contributed by atoms with Crippen LogP contribution in [0.25, 0.3) is 0 Å². The summed E-state index contributed by atoms with van der Waals surface area (Å²) in [6, 6.07) is 0. The van der Waals surface area contributed by atoms with Gasteiger partial charge in [-0.1, -0.05) is 12.8 Å². The summed E-state index contributed by atoms with van der Waals surface area (Å²) in [5.41, 5.74) is 0. The van der Waals surface area contributed by atoms with Crippen molar-refractivity contribution in [3.05, 3.63) is 0 Å². The number of hydrogen-bond donors (Lipinski definition) is 0. The molecule has 2 unspecified atom stereocenters. The Morgan fingerprint density at radius 1 is 0.929 bits per heavy atom. The van der Waals surface area contributed by atoms with Gasteiger partial charge in [-0.15, -0.1) is 0 Å². The van der Waals surface area contributed by atoms with Crippen LogP contribution in [0.1, 0.15) is 52.4 Å². The lowest BCUT2D eigenvalue weighted by Crippen LogP contribution is -2.23. The SMILES string of the molecule is CC(=O)CC1CCCCC1CC(C)=O. The molecule has 0 heterocycles. The molecule has 0 aliphatic heterocycles. The van der Waals surface area contributed by atoms with Crippen LogP contribution in [0.5, 0.6) is 0 Å². The van der Waals surface area contributed by atoms with E-state index in [4.69, 9.17) is 0 Å². The zero-order valence-electron chi connectivity index (χ0n) is 9.21. The molecule has 1 aliphatic carbocycles. The summed E-state index contributed by atoms with van der Waals surface area (Å²) < 4.78 is 0. The van der Waals surface area contributed by atoms with Crippen molar-refractivity contribution in [3.8, 4) is 0 Å². The molecular formula is C12H20O2. The van der Waals surface area contributed by atoms with Gasteiger partial charge in [0.2, 0.25) is 0 Å². The van der Waals surface area contributed by atoms with Gasteiger partial charge in [-0.3, -0.25) is 0 Å². The highest BCUT2D eigenvalue weighted by Crippen LogP contribution is 2.34. The first kappa shape index (κ1) is 11.4. The molecule has 1 saturated carbocycles. The Morgan fingerprint density at radius 2 is 1.29 bits per heavy atom. The number of hydrogen-bond acceptors (Lipinski definition) is 2. The van der Waals surface area contributed by atoms with Crippen LogP contribution >= 0.6 is 0 Å². The van der Waals surface area contributed by atoms with Gasteiger partial charge < -0.3 is 9.59 Å². The Labute approximate surface area is 86.1 Å². The van der Waals surface area contributed by atoms with Crippen molar-refractivity contribution < 1.29 is 9.59 Å². The highest BCUT2D eigenvalue weighted by molar-refractivity contribution is 5.77. The molecule has 0 amide bonds. The third kappa shape index (κ3) is 3.60. The summed E-state index contributed by atoms with van der Waals surface area (Å²) in [5, 5.41) is 0. The van der Waals surface area contributed by atoms with E-state index in [0.717, 1.165) is 12.8 Å². The van der Waals surface area contributed by atoms with Gasteiger partial charge in [-0.2, -0.15) is 0 Å². The molecule has 0 saturated heterocycles. The largest absolute Gasteiger partial charge is 0.300 e. The third-order valence-electron chi connectivity index (χ3n) is 3.17. The fourth-order valence-electron chi connectivity index (χ4n) is 2.56. The summed E-state index contributed by atoms with van der Waals surface area (Å²) in [7, 11) is 0. The number of rotatable bonds is 4. The standard InChI is InChI=1S/C12H20O2/c1-9(13)7-11-5-3-4-6-12(11)8-10(2)14/h11-12H,3-8H2,1-2H3. The lowest BCUT2D eigenvalue weighted by atomic mass is 9.75. The highest BCUT2D eigenvalue weighted by atomic mass is 16.1. The average molecular weight is 196 g/mol. The van der Waals surface area contributed by atoms with E-state index in [1.807, 2.05) is 0 Å². The van der Waals surface area contributed by atoms with E-state index < -0.39 is 0 Å². The smallest absolute Gasteiger partial charge is 0.130 e. The van der Waals surface area contributed by atoms with Gasteiger partial charge in [0.05, 0.1) is 0 Å². The summed E-state index contributed by atoms with van der Waals surface area (Å²) in [4.78, 5) is 22.1. The van der Waals surface area contributed by atoms with Gasteiger partial charge in [0, 0.05) is 12.8 Å². The first-order valence-electron chi connectivity index (χ1n) is 5.58. The Bertz CT molecular complexity index is 196. The van der Waals surface area contributed by atoms with Crippen molar-refractivity contribution in [2.24, 2.45) is 11.8 Å². The maximum Gasteiger partial charge on any atom is 0.130 e. The number of Topliss-reactive ketones (excluding diaryl/α,β-unsaturated/α-hetero) is 2. The highest BCUT2D eigenvalue weighted by Gasteiger charge is 2.26. The number of carbonyl (C=O) groups excluding carboxylic acids is 2. The maximum atomic E-state index is 11.1. The van der Waals surface area contributed by atoms with Gasteiger partial charge in [0.25, 0.3) is 0 Å². The first-order chi connectivity index (χ1) is 6.59. The number of carbonyl (C=O) groups is 2. The topological polar surface area (TPSA) is 34.1 Å². The molecule has 0 aromatic rings. The van der Waals surface area contributed by atoms with Crippen LogP contribution in [0, 0.1) is 11.8 Å². The van der Waals surface area contributed by atoms with Gasteiger partial charge in [-0.05, 0) is 38.5 Å². The molecular weight excluding hydrogens is 176 g/mol. The normalized spacial score (nSPS) is 27.3. The minimum atomic E-state index is 0.269. The van der Waals surface area contributed by atoms with Crippen LogP contribution in [-0.4, -0.2) is 11.6 Å². The summed E-state index contributed by atoms with van der Waals surface area (Å²) in [6.45, 7) is 3.30. The van der Waals surface area contributed by atoms with E-state index in [1.54, 1.807) is 13.8 Å². The van der Waals surface area contributed by atoms with Crippen LogP contribution in [-0.2, 0) is 9.59 Å². The van der Waals surface area contributed by atoms with Crippen LogP contribution in [0.15, 0.2) is 0 Å². The van der Waals surface area contributed by atoms with E-state index in [1.165, 1.54) is 12.8 Å². The van der Waals surface area contributed by atoms with Crippen molar-refractivity contribution >= 4 is 11.6 Å². The predicted molar refractivity (Wildman–Crippen MR) is 56.0 cm³/mol. The molecule has 1 aliphatic rings. The van der Waals surface area contributed by atoms with Crippen LogP contribution in [0.3, 0.4) is 0 Å². The van der Waals surface area contributed by atoms with Gasteiger partial charge in [-0.25, -0.2) is 0 Å². The maximum absolute atomic E-state index is 11.1. The zero-order valence-corrected chi connectivity index (χ0v) is 9.21. The molecule has 0 aromatic carbocycles. The monoisotopic (exact) mass is 196 g/mol. The first-order valence-corrected chi connectivity index (χ1v) is 5.58. The molecule has 14 heavy (non-hydrogen) atoms. The van der Waals surface area contributed by atoms with E-state index in [2.05, 4.69) is 0 Å². The van der Waals surface area contributed by atoms with E-state index in [9.17, 15) is 9.59 Å². The van der Waals surface area contributed by atoms with Crippen LogP contribution < -0.4 is 0 Å². The molecule has 80 valence electrons. The zero-order chi connectivity index (χ0) is 10.6. The second-order valence-electron chi connectivity index (χ2n) is 4.62. The third-order valence-corrected chi connectivity index (χ3v) is 3.17. The van der Waals surface area contributed by atoms with Crippen LogP contribution in [0.2, 0.25) is 0 Å². The van der Waals surface area contributed by atoms with E-state index in [-0.39, 0.29) is 11.6 Å². The quantitative estimate of drug-likeness (QED) is 0.692. The Hall–Kier alpha value is -0.660. The minimum absolute atomic E-state index is 0.269. The molecule has 2 atom stereocenters. The Morgan fingerprint density at radius 3 is 1.57 bits per heavy atom. The van der Waals surface area contributed by atoms with Crippen molar-refractivity contribution in [1.29, 1.82) is 0 Å². The van der Waals surface area contributed by atoms with Crippen molar-refractivity contribution in [2.75, 3.05) is 0 Å². The number of ketones is 2. The fraction of sp³-hybridized carbons (Fsp3) is 0.833. The molecule has 0 radical (unpaired) electrons. The summed E-state index contributed by atoms with van der Waals surface area (Å²) >= 11 is 0. The molecule has 1 fully saturated rings. The van der Waals surface area contributed by atoms with Gasteiger partial charge in [0.15, 0.2) is 0 Å². The van der Waals surface area contributed by atoms with Crippen molar-refractivity contribution in [1.82, 2.24) is 0 Å². The minimum Gasteiger partial charge on any atom is -0.300 e. The van der Waals surface area contributed by atoms with E-state index in [0.29, 0.717) is 24.7 Å². The molecule has 0 N–H and O–H groups in total. The van der Waals surface area contributed by atoms with Crippen LogP contribution in [0.4, 0.5) is 0 Å². The molecule has 0 aromatic heterocycles. The average Bonchev–Trinajstić information content (AvgIpc) is 2.06. The van der Waals surface area contributed by atoms with E-state index >= 15 is 0 Å². The Balaban J connectivity index is 2.49. The molecule has 0 spiro atoms. The van der Waals surface area contributed by atoms with Gasteiger partial charge in [0.1, 0.15) is 11.6 Å². The lowest BCUT2D eigenvalue weighted by Gasteiger charge is -2.30.